The van der Waals surface area contributed by atoms with Crippen molar-refractivity contribution in [3.05, 3.63) is 78.0 Å². The average molecular weight is 408 g/mol. The van der Waals surface area contributed by atoms with E-state index in [1.165, 1.54) is 0 Å². The largest absolute Gasteiger partial charge is 0.392 e. The molecule has 0 aliphatic carbocycles. The molecule has 1 aliphatic rings. The van der Waals surface area contributed by atoms with Gasteiger partial charge >= 0.3 is 0 Å². The van der Waals surface area contributed by atoms with Gasteiger partial charge in [0.1, 0.15) is 0 Å². The standard InChI is InChI=1S/C23H29N5O2/c1-17(19-4-2-3-18(13-19)15-24)7-8-26-23(25)27-21-5-6-22(20(14-21)16-29)28-9-11-30-12-10-28/h2-8,13-14,29H,1,9-12,15-16,24H2,(H3,25,26,27)/b8-7-. The third kappa shape index (κ3) is 5.70. The lowest BCUT2D eigenvalue weighted by Crippen LogP contribution is -2.36. The predicted molar refractivity (Wildman–Crippen MR) is 123 cm³/mol. The molecule has 0 atom stereocenters. The molecule has 0 amide bonds. The van der Waals surface area contributed by atoms with Crippen LogP contribution >= 0.6 is 0 Å². The monoisotopic (exact) mass is 407 g/mol. The molecule has 7 heteroatoms. The molecule has 0 saturated carbocycles. The van der Waals surface area contributed by atoms with Crippen LogP contribution in [0.2, 0.25) is 0 Å². The van der Waals surface area contributed by atoms with E-state index in [4.69, 9.17) is 16.2 Å². The predicted octanol–water partition coefficient (Wildman–Crippen LogP) is 2.43. The van der Waals surface area contributed by atoms with E-state index in [1.807, 2.05) is 42.5 Å². The fraction of sp³-hybridized carbons (Fsp3) is 0.261. The van der Waals surface area contributed by atoms with Gasteiger partial charge < -0.3 is 31.5 Å². The molecule has 0 spiro atoms. The number of aliphatic hydroxyl groups excluding tert-OH is 1. The summed E-state index contributed by atoms with van der Waals surface area (Å²) in [4.78, 5) is 6.44. The maximum Gasteiger partial charge on any atom is 0.197 e. The van der Waals surface area contributed by atoms with Crippen molar-refractivity contribution in [1.29, 1.82) is 0 Å². The molecule has 0 unspecified atom stereocenters. The van der Waals surface area contributed by atoms with Gasteiger partial charge in [-0.15, -0.1) is 0 Å². The number of hydrogen-bond acceptors (Lipinski definition) is 5. The van der Waals surface area contributed by atoms with Crippen LogP contribution in [-0.4, -0.2) is 37.4 Å². The van der Waals surface area contributed by atoms with Gasteiger partial charge in [-0.1, -0.05) is 24.8 Å². The number of hydrogen-bond donors (Lipinski definition) is 4. The Kier molecular flexibility index (Phi) is 7.62. The molecule has 30 heavy (non-hydrogen) atoms. The Labute approximate surface area is 177 Å². The molecule has 0 aromatic heterocycles. The fourth-order valence-corrected chi connectivity index (χ4v) is 3.28. The molecule has 3 rings (SSSR count). The second-order valence-electron chi connectivity index (χ2n) is 6.99. The molecule has 158 valence electrons. The normalized spacial score (nSPS) is 14.9. The van der Waals surface area contributed by atoms with Crippen molar-refractivity contribution in [1.82, 2.24) is 0 Å². The van der Waals surface area contributed by atoms with Crippen molar-refractivity contribution in [3.8, 4) is 0 Å². The van der Waals surface area contributed by atoms with Gasteiger partial charge in [-0.2, -0.15) is 0 Å². The Balaban J connectivity index is 1.64. The first-order valence-corrected chi connectivity index (χ1v) is 9.92. The van der Waals surface area contributed by atoms with Gasteiger partial charge in [0, 0.05) is 42.8 Å². The third-order valence-electron chi connectivity index (χ3n) is 4.90. The number of ether oxygens (including phenoxy) is 1. The van der Waals surface area contributed by atoms with E-state index in [0.717, 1.165) is 46.7 Å². The van der Waals surface area contributed by atoms with Crippen LogP contribution in [0.25, 0.3) is 5.57 Å². The first kappa shape index (κ1) is 21.6. The highest BCUT2D eigenvalue weighted by Crippen LogP contribution is 2.25. The van der Waals surface area contributed by atoms with Gasteiger partial charge in [0.15, 0.2) is 5.96 Å². The summed E-state index contributed by atoms with van der Waals surface area (Å²) in [6.07, 6.45) is 3.40. The topological polar surface area (TPSA) is 109 Å². The minimum absolute atomic E-state index is 0.0547. The SMILES string of the molecule is C=C(/C=C\N=C(N)Nc1ccc(N2CCOCC2)c(CO)c1)c1cccc(CN)c1. The Hall–Kier alpha value is -3.13. The van der Waals surface area contributed by atoms with Crippen LogP contribution in [-0.2, 0) is 17.9 Å². The third-order valence-corrected chi connectivity index (χ3v) is 4.90. The number of nitrogens with one attached hydrogen (secondary N) is 1. The highest BCUT2D eigenvalue weighted by molar-refractivity contribution is 5.93. The van der Waals surface area contributed by atoms with E-state index in [-0.39, 0.29) is 12.6 Å². The molecule has 7 nitrogen and oxygen atoms in total. The first-order valence-electron chi connectivity index (χ1n) is 9.92. The van der Waals surface area contributed by atoms with Gasteiger partial charge in [-0.25, -0.2) is 4.99 Å². The summed E-state index contributed by atoms with van der Waals surface area (Å²) < 4.78 is 5.40. The molecule has 0 radical (unpaired) electrons. The lowest BCUT2D eigenvalue weighted by molar-refractivity contribution is 0.122. The van der Waals surface area contributed by atoms with Gasteiger partial charge in [-0.05, 0) is 47.0 Å². The van der Waals surface area contributed by atoms with E-state index in [1.54, 1.807) is 12.3 Å². The molecule has 2 aromatic carbocycles. The summed E-state index contributed by atoms with van der Waals surface area (Å²) in [5.74, 6) is 0.248. The molecule has 1 heterocycles. The summed E-state index contributed by atoms with van der Waals surface area (Å²) in [6.45, 7) is 7.50. The number of aliphatic hydroxyl groups is 1. The summed E-state index contributed by atoms with van der Waals surface area (Å²) >= 11 is 0. The van der Waals surface area contributed by atoms with E-state index >= 15 is 0 Å². The zero-order valence-corrected chi connectivity index (χ0v) is 17.1. The summed E-state index contributed by atoms with van der Waals surface area (Å²) in [5, 5.41) is 12.8. The van der Waals surface area contributed by atoms with Crippen molar-refractivity contribution in [2.24, 2.45) is 16.5 Å². The van der Waals surface area contributed by atoms with Crippen molar-refractivity contribution in [2.75, 3.05) is 36.5 Å². The van der Waals surface area contributed by atoms with Crippen molar-refractivity contribution >= 4 is 22.9 Å². The average Bonchev–Trinajstić information content (AvgIpc) is 2.79. The van der Waals surface area contributed by atoms with Crippen molar-refractivity contribution in [2.45, 2.75) is 13.2 Å². The number of anilines is 2. The van der Waals surface area contributed by atoms with E-state index < -0.39 is 0 Å². The highest BCUT2D eigenvalue weighted by Gasteiger charge is 2.15. The molecule has 1 aliphatic heterocycles. The van der Waals surface area contributed by atoms with Crippen LogP contribution in [0.4, 0.5) is 11.4 Å². The quantitative estimate of drug-likeness (QED) is 0.319. The van der Waals surface area contributed by atoms with E-state index in [9.17, 15) is 5.11 Å². The Bertz CT molecular complexity index is 933. The van der Waals surface area contributed by atoms with Crippen LogP contribution < -0.4 is 21.7 Å². The molecule has 1 saturated heterocycles. The molecule has 2 aromatic rings. The summed E-state index contributed by atoms with van der Waals surface area (Å²) in [7, 11) is 0. The zero-order chi connectivity index (χ0) is 21.3. The molecular weight excluding hydrogens is 378 g/mol. The van der Waals surface area contributed by atoms with Crippen LogP contribution in [0.15, 0.2) is 66.3 Å². The first-order chi connectivity index (χ1) is 14.6. The van der Waals surface area contributed by atoms with E-state index in [2.05, 4.69) is 21.8 Å². The highest BCUT2D eigenvalue weighted by atomic mass is 16.5. The number of rotatable bonds is 7. The van der Waals surface area contributed by atoms with Crippen LogP contribution in [0.5, 0.6) is 0 Å². The number of nitrogens with two attached hydrogens (primary N) is 2. The Morgan fingerprint density at radius 2 is 2.03 bits per heavy atom. The summed E-state index contributed by atoms with van der Waals surface area (Å²) in [5.41, 5.74) is 17.1. The molecule has 1 fully saturated rings. The van der Waals surface area contributed by atoms with Gasteiger partial charge in [0.2, 0.25) is 0 Å². The summed E-state index contributed by atoms with van der Waals surface area (Å²) in [6, 6.07) is 13.7. The second kappa shape index (κ2) is 10.6. The minimum Gasteiger partial charge on any atom is -0.392 e. The minimum atomic E-state index is -0.0547. The van der Waals surface area contributed by atoms with E-state index in [0.29, 0.717) is 19.8 Å². The Morgan fingerprint density at radius 3 is 2.77 bits per heavy atom. The number of aliphatic imine (C=N–C) groups is 1. The molecular formula is C23H29N5O2. The Morgan fingerprint density at radius 1 is 1.23 bits per heavy atom. The van der Waals surface area contributed by atoms with Crippen LogP contribution in [0.1, 0.15) is 16.7 Å². The van der Waals surface area contributed by atoms with Gasteiger partial charge in [-0.3, -0.25) is 0 Å². The number of allylic oxidation sites excluding steroid dienone is 2. The lowest BCUT2D eigenvalue weighted by Gasteiger charge is -2.30. The smallest absolute Gasteiger partial charge is 0.197 e. The van der Waals surface area contributed by atoms with Crippen LogP contribution in [0, 0.1) is 0 Å². The van der Waals surface area contributed by atoms with Crippen LogP contribution in [0.3, 0.4) is 0 Å². The van der Waals surface area contributed by atoms with Crippen molar-refractivity contribution < 1.29 is 9.84 Å². The zero-order valence-electron chi connectivity index (χ0n) is 17.1. The van der Waals surface area contributed by atoms with Gasteiger partial charge in [0.25, 0.3) is 0 Å². The molecule has 0 bridgehead atoms. The lowest BCUT2D eigenvalue weighted by atomic mass is 10.0. The number of morpholine rings is 1. The molecule has 6 N–H and O–H groups in total. The van der Waals surface area contributed by atoms with Crippen molar-refractivity contribution in [3.63, 3.8) is 0 Å². The maximum atomic E-state index is 9.78. The number of benzene rings is 2. The maximum absolute atomic E-state index is 9.78. The number of guanidine groups is 1. The second-order valence-corrected chi connectivity index (χ2v) is 6.99. The fourth-order valence-electron chi connectivity index (χ4n) is 3.28. The number of nitrogens with zero attached hydrogens (tertiary/aromatic N) is 2. The van der Waals surface area contributed by atoms with Gasteiger partial charge in [0.05, 0.1) is 19.8 Å².